The van der Waals surface area contributed by atoms with Crippen molar-refractivity contribution in [2.45, 2.75) is 58.7 Å². The van der Waals surface area contributed by atoms with E-state index in [4.69, 9.17) is 0 Å². The molecule has 2 unspecified atom stereocenters. The lowest BCUT2D eigenvalue weighted by Gasteiger charge is -2.38. The van der Waals surface area contributed by atoms with Gasteiger partial charge >= 0.3 is 0 Å². The van der Waals surface area contributed by atoms with Gasteiger partial charge in [0.05, 0.1) is 6.10 Å². The van der Waals surface area contributed by atoms with Gasteiger partial charge in [0.25, 0.3) is 0 Å². The highest BCUT2D eigenvalue weighted by atomic mass is 16.3. The van der Waals surface area contributed by atoms with Crippen molar-refractivity contribution in [3.05, 3.63) is 0 Å². The summed E-state index contributed by atoms with van der Waals surface area (Å²) in [6.45, 7) is 11.8. The van der Waals surface area contributed by atoms with Gasteiger partial charge < -0.3 is 10.4 Å². The fourth-order valence-corrected chi connectivity index (χ4v) is 2.22. The fourth-order valence-electron chi connectivity index (χ4n) is 2.22. The molecule has 96 valence electrons. The lowest BCUT2D eigenvalue weighted by molar-refractivity contribution is 0.0270. The molecule has 3 nitrogen and oxygen atoms in total. The third-order valence-electron chi connectivity index (χ3n) is 3.47. The van der Waals surface area contributed by atoms with Crippen LogP contribution in [0.2, 0.25) is 0 Å². The topological polar surface area (TPSA) is 35.5 Å². The van der Waals surface area contributed by atoms with Crippen LogP contribution in [-0.2, 0) is 0 Å². The summed E-state index contributed by atoms with van der Waals surface area (Å²) in [7, 11) is 0. The molecule has 0 amide bonds. The number of hydrogen-bond donors (Lipinski definition) is 2. The summed E-state index contributed by atoms with van der Waals surface area (Å²) in [5.41, 5.74) is 0. The molecule has 1 aliphatic rings. The number of hydrogen-bond acceptors (Lipinski definition) is 3. The van der Waals surface area contributed by atoms with Gasteiger partial charge in [0.2, 0.25) is 0 Å². The van der Waals surface area contributed by atoms with Crippen LogP contribution < -0.4 is 5.32 Å². The number of β-amino-alcohol motifs (C(OH)–C–C–N with tert-alkyl or cyclic N) is 1. The van der Waals surface area contributed by atoms with Gasteiger partial charge in [-0.2, -0.15) is 0 Å². The molecular formula is C13H28N2O. The molecule has 0 spiro atoms. The van der Waals surface area contributed by atoms with E-state index in [1.54, 1.807) is 0 Å². The minimum Gasteiger partial charge on any atom is -0.390 e. The zero-order valence-electron chi connectivity index (χ0n) is 11.2. The minimum atomic E-state index is -0.205. The first-order valence-electron chi connectivity index (χ1n) is 6.66. The standard InChI is InChI=1S/C13H28N2O/c1-10(2)5-7-14-12-6-8-15(11(3)4)9-13(12)16/h10-14,16H,5-9H2,1-4H3. The third-order valence-corrected chi connectivity index (χ3v) is 3.47. The van der Waals surface area contributed by atoms with E-state index < -0.39 is 0 Å². The molecule has 0 saturated carbocycles. The summed E-state index contributed by atoms with van der Waals surface area (Å²) in [6.07, 6.45) is 2.05. The Hall–Kier alpha value is -0.120. The summed E-state index contributed by atoms with van der Waals surface area (Å²) < 4.78 is 0. The van der Waals surface area contributed by atoms with Crippen LogP contribution in [0.15, 0.2) is 0 Å². The highest BCUT2D eigenvalue weighted by Crippen LogP contribution is 2.14. The second-order valence-electron chi connectivity index (χ2n) is 5.69. The summed E-state index contributed by atoms with van der Waals surface area (Å²) in [4.78, 5) is 2.35. The normalized spacial score (nSPS) is 27.9. The molecule has 0 aromatic carbocycles. The van der Waals surface area contributed by atoms with Crippen LogP contribution >= 0.6 is 0 Å². The number of likely N-dealkylation sites (tertiary alicyclic amines) is 1. The molecule has 1 saturated heterocycles. The smallest absolute Gasteiger partial charge is 0.0820 e. The van der Waals surface area contributed by atoms with E-state index in [9.17, 15) is 5.11 Å². The van der Waals surface area contributed by atoms with Crippen molar-refractivity contribution in [2.75, 3.05) is 19.6 Å². The molecule has 0 radical (unpaired) electrons. The fraction of sp³-hybridized carbons (Fsp3) is 1.00. The van der Waals surface area contributed by atoms with Crippen LogP contribution in [0.4, 0.5) is 0 Å². The first-order chi connectivity index (χ1) is 7.50. The molecule has 0 aliphatic carbocycles. The Labute approximate surface area is 100 Å². The Bertz CT molecular complexity index is 192. The average Bonchev–Trinajstić information content (AvgIpc) is 2.19. The Morgan fingerprint density at radius 3 is 2.50 bits per heavy atom. The van der Waals surface area contributed by atoms with Crippen molar-refractivity contribution in [1.82, 2.24) is 10.2 Å². The van der Waals surface area contributed by atoms with Crippen molar-refractivity contribution in [3.63, 3.8) is 0 Å². The molecule has 0 aromatic rings. The van der Waals surface area contributed by atoms with Crippen molar-refractivity contribution in [2.24, 2.45) is 5.92 Å². The SMILES string of the molecule is CC(C)CCNC1CCN(C(C)C)CC1O. The van der Waals surface area contributed by atoms with E-state index >= 15 is 0 Å². The number of piperidine rings is 1. The van der Waals surface area contributed by atoms with Crippen LogP contribution in [0.5, 0.6) is 0 Å². The number of nitrogens with zero attached hydrogens (tertiary/aromatic N) is 1. The van der Waals surface area contributed by atoms with Gasteiger partial charge in [-0.05, 0) is 39.2 Å². The number of nitrogens with one attached hydrogen (secondary N) is 1. The molecular weight excluding hydrogens is 200 g/mol. The molecule has 2 N–H and O–H groups in total. The maximum absolute atomic E-state index is 10.0. The largest absolute Gasteiger partial charge is 0.390 e. The summed E-state index contributed by atoms with van der Waals surface area (Å²) in [6, 6.07) is 0.847. The molecule has 16 heavy (non-hydrogen) atoms. The zero-order valence-corrected chi connectivity index (χ0v) is 11.2. The molecule has 1 heterocycles. The summed E-state index contributed by atoms with van der Waals surface area (Å²) >= 11 is 0. The number of aliphatic hydroxyl groups excluding tert-OH is 1. The quantitative estimate of drug-likeness (QED) is 0.748. The summed E-state index contributed by atoms with van der Waals surface area (Å²) in [5, 5.41) is 13.5. The van der Waals surface area contributed by atoms with Crippen LogP contribution in [0.1, 0.15) is 40.5 Å². The predicted octanol–water partition coefficient (Wildman–Crippen LogP) is 1.47. The second-order valence-corrected chi connectivity index (χ2v) is 5.69. The number of rotatable bonds is 5. The van der Waals surface area contributed by atoms with Crippen LogP contribution in [0, 0.1) is 5.92 Å². The maximum Gasteiger partial charge on any atom is 0.0820 e. The maximum atomic E-state index is 10.0. The van der Waals surface area contributed by atoms with Crippen molar-refractivity contribution >= 4 is 0 Å². The van der Waals surface area contributed by atoms with E-state index in [2.05, 4.69) is 37.9 Å². The van der Waals surface area contributed by atoms with Gasteiger partial charge in [-0.3, -0.25) is 4.90 Å². The lowest BCUT2D eigenvalue weighted by Crippen LogP contribution is -2.54. The highest BCUT2D eigenvalue weighted by molar-refractivity contribution is 4.86. The van der Waals surface area contributed by atoms with Gasteiger partial charge in [0, 0.05) is 25.2 Å². The highest BCUT2D eigenvalue weighted by Gasteiger charge is 2.28. The Kier molecular flexibility index (Phi) is 5.73. The Morgan fingerprint density at radius 2 is 2.00 bits per heavy atom. The zero-order chi connectivity index (χ0) is 12.1. The van der Waals surface area contributed by atoms with Crippen molar-refractivity contribution in [1.29, 1.82) is 0 Å². The predicted molar refractivity (Wildman–Crippen MR) is 68.6 cm³/mol. The Morgan fingerprint density at radius 1 is 1.31 bits per heavy atom. The van der Waals surface area contributed by atoms with Gasteiger partial charge in [-0.15, -0.1) is 0 Å². The molecule has 0 bridgehead atoms. The molecule has 1 aliphatic heterocycles. The second kappa shape index (κ2) is 6.58. The number of aliphatic hydroxyl groups is 1. The van der Waals surface area contributed by atoms with Crippen molar-refractivity contribution in [3.8, 4) is 0 Å². The van der Waals surface area contributed by atoms with E-state index in [0.29, 0.717) is 12.1 Å². The average molecular weight is 228 g/mol. The summed E-state index contributed by atoms with van der Waals surface area (Å²) in [5.74, 6) is 0.736. The molecule has 3 heteroatoms. The van der Waals surface area contributed by atoms with E-state index in [1.165, 1.54) is 6.42 Å². The first-order valence-corrected chi connectivity index (χ1v) is 6.66. The van der Waals surface area contributed by atoms with Crippen LogP contribution in [0.3, 0.4) is 0 Å². The van der Waals surface area contributed by atoms with Gasteiger partial charge in [-0.25, -0.2) is 0 Å². The molecule has 1 rings (SSSR count). The minimum absolute atomic E-state index is 0.205. The lowest BCUT2D eigenvalue weighted by atomic mass is 10.00. The van der Waals surface area contributed by atoms with E-state index in [1.807, 2.05) is 0 Å². The van der Waals surface area contributed by atoms with E-state index in [0.717, 1.165) is 32.0 Å². The van der Waals surface area contributed by atoms with Gasteiger partial charge in [-0.1, -0.05) is 13.8 Å². The first kappa shape index (κ1) is 13.9. The van der Waals surface area contributed by atoms with Crippen molar-refractivity contribution < 1.29 is 5.11 Å². The van der Waals surface area contributed by atoms with Gasteiger partial charge in [0.1, 0.15) is 0 Å². The van der Waals surface area contributed by atoms with Crippen LogP contribution in [-0.4, -0.2) is 47.8 Å². The molecule has 1 fully saturated rings. The van der Waals surface area contributed by atoms with E-state index in [-0.39, 0.29) is 6.10 Å². The van der Waals surface area contributed by atoms with Crippen LogP contribution in [0.25, 0.3) is 0 Å². The van der Waals surface area contributed by atoms with Gasteiger partial charge in [0.15, 0.2) is 0 Å². The molecule has 2 atom stereocenters. The monoisotopic (exact) mass is 228 g/mol. The Balaban J connectivity index is 2.25. The molecule has 0 aromatic heterocycles. The third kappa shape index (κ3) is 4.40.